The first-order valence-electron chi connectivity index (χ1n) is 7.37. The Labute approximate surface area is 138 Å². The lowest BCUT2D eigenvalue weighted by Crippen LogP contribution is -2.46. The van der Waals surface area contributed by atoms with E-state index in [1.165, 1.54) is 18.4 Å². The van der Waals surface area contributed by atoms with Gasteiger partial charge < -0.3 is 14.4 Å². The van der Waals surface area contributed by atoms with E-state index in [4.69, 9.17) is 9.47 Å². The van der Waals surface area contributed by atoms with Crippen molar-refractivity contribution in [1.82, 2.24) is 14.9 Å². The van der Waals surface area contributed by atoms with Crippen molar-refractivity contribution in [2.45, 2.75) is 18.9 Å². The Morgan fingerprint density at radius 2 is 2.22 bits per heavy atom. The first-order valence-corrected chi connectivity index (χ1v) is 8.25. The second-order valence-electron chi connectivity index (χ2n) is 5.11. The molecule has 0 aliphatic carbocycles. The first-order chi connectivity index (χ1) is 11.3. The second-order valence-corrected chi connectivity index (χ2v) is 6.05. The van der Waals surface area contributed by atoms with Crippen molar-refractivity contribution in [1.29, 1.82) is 0 Å². The Morgan fingerprint density at radius 1 is 1.39 bits per heavy atom. The summed E-state index contributed by atoms with van der Waals surface area (Å²) in [6.45, 7) is 1.23. The Kier molecular flexibility index (Phi) is 4.92. The lowest BCUT2D eigenvalue weighted by molar-refractivity contribution is 0.0988. The molecule has 2 aromatic heterocycles. The minimum atomic E-state index is -0.122. The monoisotopic (exact) mass is 334 g/mol. The Hall–Kier alpha value is -2.35. The van der Waals surface area contributed by atoms with E-state index in [2.05, 4.69) is 15.3 Å². The maximum absolute atomic E-state index is 12.3. The van der Waals surface area contributed by atoms with Gasteiger partial charge in [0.05, 0.1) is 18.7 Å². The van der Waals surface area contributed by atoms with E-state index in [9.17, 15) is 4.79 Å². The van der Waals surface area contributed by atoms with E-state index in [1.807, 2.05) is 17.5 Å². The molecule has 2 amide bonds. The van der Waals surface area contributed by atoms with Crippen LogP contribution in [0, 0.1) is 0 Å². The van der Waals surface area contributed by atoms with E-state index >= 15 is 0 Å². The normalized spacial score (nSPS) is 17.6. The number of likely N-dealkylation sites (tertiary alicyclic amines) is 1. The van der Waals surface area contributed by atoms with Crippen LogP contribution in [0.25, 0.3) is 0 Å². The van der Waals surface area contributed by atoms with E-state index in [0.717, 1.165) is 17.8 Å². The number of aromatic nitrogens is 2. The van der Waals surface area contributed by atoms with Gasteiger partial charge in [-0.3, -0.25) is 5.32 Å². The summed E-state index contributed by atoms with van der Waals surface area (Å²) in [6, 6.07) is 3.68. The molecule has 1 unspecified atom stereocenters. The highest BCUT2D eigenvalue weighted by Crippen LogP contribution is 2.24. The average Bonchev–Trinajstić information content (AvgIpc) is 3.08. The standard InChI is InChI=1S/C15H18N4O3S/c1-21-13-14(17-7-6-16-13)22-11-4-2-8-19(10-11)15(20)18-12-5-3-9-23-12/h3,5-7,9,11H,2,4,8,10H2,1H3,(H,18,20). The number of thiophene rings is 1. The highest BCUT2D eigenvalue weighted by Gasteiger charge is 2.26. The predicted octanol–water partition coefficient (Wildman–Crippen LogP) is 2.62. The van der Waals surface area contributed by atoms with Crippen LogP contribution in [0.1, 0.15) is 12.8 Å². The number of ether oxygens (including phenoxy) is 2. The fraction of sp³-hybridized carbons (Fsp3) is 0.400. The lowest BCUT2D eigenvalue weighted by Gasteiger charge is -2.32. The zero-order valence-electron chi connectivity index (χ0n) is 12.8. The molecule has 0 radical (unpaired) electrons. The minimum absolute atomic E-state index is 0.105. The van der Waals surface area contributed by atoms with Crippen LogP contribution in [0.3, 0.4) is 0 Å². The van der Waals surface area contributed by atoms with Crippen LogP contribution >= 0.6 is 11.3 Å². The molecular weight excluding hydrogens is 316 g/mol. The molecule has 1 aliphatic rings. The Morgan fingerprint density at radius 3 is 2.96 bits per heavy atom. The highest BCUT2D eigenvalue weighted by molar-refractivity contribution is 7.14. The number of methoxy groups -OCH3 is 1. The third kappa shape index (κ3) is 3.89. The van der Waals surface area contributed by atoms with Crippen LogP contribution in [0.5, 0.6) is 11.8 Å². The SMILES string of the molecule is COc1nccnc1OC1CCCN(C(=O)Nc2cccs2)C1. The molecule has 1 aliphatic heterocycles. The summed E-state index contributed by atoms with van der Waals surface area (Å²) in [5, 5.41) is 5.67. The quantitative estimate of drug-likeness (QED) is 0.930. The lowest BCUT2D eigenvalue weighted by atomic mass is 10.1. The van der Waals surface area contributed by atoms with Gasteiger partial charge in [0.15, 0.2) is 0 Å². The van der Waals surface area contributed by atoms with Gasteiger partial charge >= 0.3 is 6.03 Å². The third-order valence-corrected chi connectivity index (χ3v) is 4.31. The summed E-state index contributed by atoms with van der Waals surface area (Å²) < 4.78 is 11.0. The smallest absolute Gasteiger partial charge is 0.322 e. The van der Waals surface area contributed by atoms with Crippen LogP contribution in [0.4, 0.5) is 9.80 Å². The summed E-state index contributed by atoms with van der Waals surface area (Å²) in [5.41, 5.74) is 0. The van der Waals surface area contributed by atoms with Gasteiger partial charge in [-0.05, 0) is 30.4 Å². The predicted molar refractivity (Wildman–Crippen MR) is 87.1 cm³/mol. The molecule has 0 spiro atoms. The number of anilines is 1. The van der Waals surface area contributed by atoms with Gasteiger partial charge in [-0.2, -0.15) is 0 Å². The number of carbonyl (C=O) groups is 1. The number of rotatable bonds is 4. The van der Waals surface area contributed by atoms with Gasteiger partial charge in [0.2, 0.25) is 0 Å². The second kappa shape index (κ2) is 7.28. The molecule has 23 heavy (non-hydrogen) atoms. The average molecular weight is 334 g/mol. The van der Waals surface area contributed by atoms with E-state index < -0.39 is 0 Å². The van der Waals surface area contributed by atoms with Crippen molar-refractivity contribution in [3.63, 3.8) is 0 Å². The Bertz CT molecular complexity index is 650. The maximum atomic E-state index is 12.3. The fourth-order valence-electron chi connectivity index (χ4n) is 2.44. The fourth-order valence-corrected chi connectivity index (χ4v) is 3.05. The van der Waals surface area contributed by atoms with Gasteiger partial charge in [0.1, 0.15) is 6.10 Å². The molecule has 0 aromatic carbocycles. The number of hydrogen-bond donors (Lipinski definition) is 1. The molecule has 8 heteroatoms. The van der Waals surface area contributed by atoms with Crippen molar-refractivity contribution in [3.8, 4) is 11.8 Å². The molecule has 1 N–H and O–H groups in total. The van der Waals surface area contributed by atoms with E-state index in [0.29, 0.717) is 24.8 Å². The largest absolute Gasteiger partial charge is 0.477 e. The number of urea groups is 1. The molecule has 0 saturated carbocycles. The topological polar surface area (TPSA) is 76.6 Å². The molecule has 1 fully saturated rings. The summed E-state index contributed by atoms with van der Waals surface area (Å²) in [5.74, 6) is 0.716. The van der Waals surface area contributed by atoms with Crippen molar-refractivity contribution < 1.29 is 14.3 Å². The zero-order valence-corrected chi connectivity index (χ0v) is 13.6. The van der Waals surface area contributed by atoms with E-state index in [-0.39, 0.29) is 12.1 Å². The van der Waals surface area contributed by atoms with Gasteiger partial charge in [-0.15, -0.1) is 11.3 Å². The summed E-state index contributed by atoms with van der Waals surface area (Å²) in [7, 11) is 1.53. The van der Waals surface area contributed by atoms with Crippen LogP contribution in [-0.2, 0) is 0 Å². The number of nitrogens with zero attached hydrogens (tertiary/aromatic N) is 3. The number of piperidine rings is 1. The molecule has 0 bridgehead atoms. The number of nitrogens with one attached hydrogen (secondary N) is 1. The first kappa shape index (κ1) is 15.5. The maximum Gasteiger partial charge on any atom is 0.322 e. The molecular formula is C15H18N4O3S. The number of amides is 2. The van der Waals surface area contributed by atoms with Crippen molar-refractivity contribution in [3.05, 3.63) is 29.9 Å². The van der Waals surface area contributed by atoms with Gasteiger partial charge in [-0.1, -0.05) is 0 Å². The Balaban J connectivity index is 1.60. The van der Waals surface area contributed by atoms with Crippen LogP contribution < -0.4 is 14.8 Å². The molecule has 122 valence electrons. The van der Waals surface area contributed by atoms with Crippen molar-refractivity contribution >= 4 is 22.4 Å². The van der Waals surface area contributed by atoms with Crippen LogP contribution in [-0.4, -0.2) is 47.2 Å². The summed E-state index contributed by atoms with van der Waals surface area (Å²) in [4.78, 5) is 22.3. The summed E-state index contributed by atoms with van der Waals surface area (Å²) >= 11 is 1.50. The minimum Gasteiger partial charge on any atom is -0.477 e. The molecule has 3 heterocycles. The van der Waals surface area contributed by atoms with Crippen LogP contribution in [0.15, 0.2) is 29.9 Å². The van der Waals surface area contributed by atoms with Gasteiger partial charge in [0, 0.05) is 18.9 Å². The number of carbonyl (C=O) groups excluding carboxylic acids is 1. The van der Waals surface area contributed by atoms with Gasteiger partial charge in [0.25, 0.3) is 11.8 Å². The molecule has 1 atom stereocenters. The van der Waals surface area contributed by atoms with Crippen molar-refractivity contribution in [2.75, 3.05) is 25.5 Å². The summed E-state index contributed by atoms with van der Waals surface area (Å²) in [6.07, 6.45) is 4.73. The van der Waals surface area contributed by atoms with Crippen LogP contribution in [0.2, 0.25) is 0 Å². The van der Waals surface area contributed by atoms with Gasteiger partial charge in [-0.25, -0.2) is 14.8 Å². The highest BCUT2D eigenvalue weighted by atomic mass is 32.1. The van der Waals surface area contributed by atoms with E-state index in [1.54, 1.807) is 17.3 Å². The number of hydrogen-bond acceptors (Lipinski definition) is 6. The molecule has 2 aromatic rings. The zero-order chi connectivity index (χ0) is 16.1. The third-order valence-electron chi connectivity index (χ3n) is 3.52. The molecule has 1 saturated heterocycles. The van der Waals surface area contributed by atoms with Crippen molar-refractivity contribution in [2.24, 2.45) is 0 Å². The molecule has 7 nitrogen and oxygen atoms in total. The molecule has 3 rings (SSSR count).